The number of nitrogens with zero attached hydrogens (tertiary/aromatic N) is 3. The van der Waals surface area contributed by atoms with Gasteiger partial charge in [-0.2, -0.15) is 0 Å². The van der Waals surface area contributed by atoms with Crippen molar-refractivity contribution in [3.8, 4) is 0 Å². The Morgan fingerprint density at radius 1 is 1.79 bits per heavy atom. The normalized spacial score (nSPS) is 21.4. The van der Waals surface area contributed by atoms with Crippen molar-refractivity contribution in [3.63, 3.8) is 0 Å². The van der Waals surface area contributed by atoms with Gasteiger partial charge in [0.2, 0.25) is 0 Å². The first-order valence-corrected chi connectivity index (χ1v) is 4.20. The van der Waals surface area contributed by atoms with Gasteiger partial charge in [-0.15, -0.1) is 5.10 Å². The Morgan fingerprint density at radius 2 is 2.57 bits per heavy atom. The van der Waals surface area contributed by atoms with Crippen molar-refractivity contribution >= 4 is 5.97 Å². The standard InChI is InChI=1S/C7H10N4O3/c1-4-6(7(12)13)9-10-11(4)5-2-8-14-3-5/h5,8H,2-3H2,1H3,(H,12,13)/t5-/m0/s1. The van der Waals surface area contributed by atoms with E-state index < -0.39 is 5.97 Å². The molecule has 0 bridgehead atoms. The van der Waals surface area contributed by atoms with Crippen LogP contribution in [0.15, 0.2) is 0 Å². The summed E-state index contributed by atoms with van der Waals surface area (Å²) in [6.45, 7) is 2.77. The first-order valence-electron chi connectivity index (χ1n) is 4.20. The van der Waals surface area contributed by atoms with E-state index in [0.29, 0.717) is 18.8 Å². The number of nitrogens with one attached hydrogen (secondary N) is 1. The highest BCUT2D eigenvalue weighted by atomic mass is 16.7. The zero-order valence-electron chi connectivity index (χ0n) is 7.60. The Bertz CT molecular complexity index is 356. The van der Waals surface area contributed by atoms with E-state index in [2.05, 4.69) is 15.8 Å². The monoisotopic (exact) mass is 198 g/mol. The van der Waals surface area contributed by atoms with Crippen LogP contribution in [-0.4, -0.2) is 39.2 Å². The summed E-state index contributed by atoms with van der Waals surface area (Å²) in [6, 6.07) is 0.0237. The number of carboxylic acids is 1. The highest BCUT2D eigenvalue weighted by molar-refractivity contribution is 5.86. The maximum Gasteiger partial charge on any atom is 0.358 e. The average Bonchev–Trinajstić information content (AvgIpc) is 2.71. The maximum atomic E-state index is 10.7. The lowest BCUT2D eigenvalue weighted by Gasteiger charge is -2.07. The van der Waals surface area contributed by atoms with Crippen LogP contribution in [0, 0.1) is 6.92 Å². The lowest BCUT2D eigenvalue weighted by molar-refractivity contribution is 0.0689. The van der Waals surface area contributed by atoms with Crippen LogP contribution in [-0.2, 0) is 4.84 Å². The molecule has 1 aromatic rings. The molecule has 1 atom stereocenters. The van der Waals surface area contributed by atoms with Crippen LogP contribution in [0.2, 0.25) is 0 Å². The van der Waals surface area contributed by atoms with Crippen molar-refractivity contribution in [2.24, 2.45) is 0 Å². The van der Waals surface area contributed by atoms with Crippen LogP contribution < -0.4 is 5.48 Å². The van der Waals surface area contributed by atoms with Crippen LogP contribution in [0.1, 0.15) is 22.2 Å². The van der Waals surface area contributed by atoms with Crippen molar-refractivity contribution < 1.29 is 14.7 Å². The number of aromatic carboxylic acids is 1. The maximum absolute atomic E-state index is 10.7. The van der Waals surface area contributed by atoms with Gasteiger partial charge in [0.15, 0.2) is 5.69 Å². The van der Waals surface area contributed by atoms with E-state index in [1.807, 2.05) is 0 Å². The van der Waals surface area contributed by atoms with Crippen molar-refractivity contribution in [2.75, 3.05) is 13.2 Å². The third-order valence-corrected chi connectivity index (χ3v) is 2.17. The molecule has 0 amide bonds. The van der Waals surface area contributed by atoms with Gasteiger partial charge >= 0.3 is 5.97 Å². The van der Waals surface area contributed by atoms with Crippen LogP contribution in [0.3, 0.4) is 0 Å². The fourth-order valence-corrected chi connectivity index (χ4v) is 1.41. The molecule has 0 aliphatic carbocycles. The minimum Gasteiger partial charge on any atom is -0.476 e. The zero-order valence-corrected chi connectivity index (χ0v) is 7.60. The summed E-state index contributed by atoms with van der Waals surface area (Å²) < 4.78 is 1.57. The fraction of sp³-hybridized carbons (Fsp3) is 0.571. The van der Waals surface area contributed by atoms with Gasteiger partial charge in [-0.1, -0.05) is 5.21 Å². The lowest BCUT2D eigenvalue weighted by Crippen LogP contribution is -2.17. The van der Waals surface area contributed by atoms with Gasteiger partial charge in [-0.3, -0.25) is 4.84 Å². The molecule has 1 aliphatic heterocycles. The second-order valence-electron chi connectivity index (χ2n) is 3.09. The second-order valence-corrected chi connectivity index (χ2v) is 3.09. The van der Waals surface area contributed by atoms with Gasteiger partial charge in [0, 0.05) is 6.54 Å². The molecular formula is C7H10N4O3. The molecule has 7 nitrogen and oxygen atoms in total. The first-order chi connectivity index (χ1) is 6.70. The minimum absolute atomic E-state index is 0.00287. The fourth-order valence-electron chi connectivity index (χ4n) is 1.41. The zero-order chi connectivity index (χ0) is 10.1. The van der Waals surface area contributed by atoms with E-state index in [0.717, 1.165) is 0 Å². The van der Waals surface area contributed by atoms with Gasteiger partial charge in [-0.25, -0.2) is 15.0 Å². The Morgan fingerprint density at radius 3 is 3.07 bits per heavy atom. The molecule has 14 heavy (non-hydrogen) atoms. The molecule has 2 rings (SSSR count). The number of aromatic nitrogens is 3. The number of hydrogen-bond donors (Lipinski definition) is 2. The van der Waals surface area contributed by atoms with E-state index in [9.17, 15) is 4.79 Å². The lowest BCUT2D eigenvalue weighted by atomic mass is 10.3. The molecule has 0 aromatic carbocycles. The highest BCUT2D eigenvalue weighted by Gasteiger charge is 2.23. The molecule has 1 aromatic heterocycles. The van der Waals surface area contributed by atoms with E-state index in [1.54, 1.807) is 11.6 Å². The number of carbonyl (C=O) groups is 1. The largest absolute Gasteiger partial charge is 0.476 e. The van der Waals surface area contributed by atoms with Crippen LogP contribution >= 0.6 is 0 Å². The molecule has 1 saturated heterocycles. The molecule has 76 valence electrons. The molecule has 0 spiro atoms. The summed E-state index contributed by atoms with van der Waals surface area (Å²) in [5.74, 6) is -1.05. The molecular weight excluding hydrogens is 188 g/mol. The first kappa shape index (κ1) is 9.10. The highest BCUT2D eigenvalue weighted by Crippen LogP contribution is 2.13. The SMILES string of the molecule is Cc1c(C(=O)O)nnn1[C@H]1CNOC1. The third kappa shape index (κ3) is 1.36. The van der Waals surface area contributed by atoms with Crippen molar-refractivity contribution in [2.45, 2.75) is 13.0 Å². The Hall–Kier alpha value is -1.47. The van der Waals surface area contributed by atoms with E-state index in [-0.39, 0.29) is 11.7 Å². The average molecular weight is 198 g/mol. The summed E-state index contributed by atoms with van der Waals surface area (Å²) in [5.41, 5.74) is 3.25. The van der Waals surface area contributed by atoms with E-state index in [1.165, 1.54) is 0 Å². The molecule has 0 unspecified atom stereocenters. The van der Waals surface area contributed by atoms with Gasteiger partial charge in [0.05, 0.1) is 18.3 Å². The molecule has 2 N–H and O–H groups in total. The third-order valence-electron chi connectivity index (χ3n) is 2.17. The smallest absolute Gasteiger partial charge is 0.358 e. The molecule has 1 fully saturated rings. The predicted molar refractivity (Wildman–Crippen MR) is 44.7 cm³/mol. The van der Waals surface area contributed by atoms with Gasteiger partial charge in [-0.05, 0) is 6.92 Å². The van der Waals surface area contributed by atoms with E-state index >= 15 is 0 Å². The van der Waals surface area contributed by atoms with Crippen molar-refractivity contribution in [1.29, 1.82) is 0 Å². The summed E-state index contributed by atoms with van der Waals surface area (Å²) >= 11 is 0. The number of rotatable bonds is 2. The summed E-state index contributed by atoms with van der Waals surface area (Å²) in [7, 11) is 0. The second kappa shape index (κ2) is 3.35. The topological polar surface area (TPSA) is 89.3 Å². The van der Waals surface area contributed by atoms with Crippen LogP contribution in [0.25, 0.3) is 0 Å². The van der Waals surface area contributed by atoms with E-state index in [4.69, 9.17) is 9.94 Å². The van der Waals surface area contributed by atoms with Crippen LogP contribution in [0.4, 0.5) is 0 Å². The summed E-state index contributed by atoms with van der Waals surface area (Å²) in [5, 5.41) is 16.1. The number of hydrogen-bond acceptors (Lipinski definition) is 5. The van der Waals surface area contributed by atoms with Crippen molar-refractivity contribution in [3.05, 3.63) is 11.4 Å². The number of hydroxylamine groups is 1. The van der Waals surface area contributed by atoms with Gasteiger partial charge < -0.3 is 5.11 Å². The molecule has 1 aliphatic rings. The summed E-state index contributed by atoms with van der Waals surface area (Å²) in [4.78, 5) is 15.6. The molecule has 7 heteroatoms. The van der Waals surface area contributed by atoms with Crippen molar-refractivity contribution in [1.82, 2.24) is 20.5 Å². The van der Waals surface area contributed by atoms with Gasteiger partial charge in [0.1, 0.15) is 0 Å². The number of carboxylic acid groups (broad SMARTS) is 1. The summed E-state index contributed by atoms with van der Waals surface area (Å²) in [6.07, 6.45) is 0. The molecule has 0 saturated carbocycles. The molecule has 2 heterocycles. The minimum atomic E-state index is -1.05. The Kier molecular flexibility index (Phi) is 2.18. The Balaban J connectivity index is 2.30. The predicted octanol–water partition coefficient (Wildman–Crippen LogP) is -0.639. The van der Waals surface area contributed by atoms with Crippen LogP contribution in [0.5, 0.6) is 0 Å². The van der Waals surface area contributed by atoms with Gasteiger partial charge in [0.25, 0.3) is 0 Å². The quantitative estimate of drug-likeness (QED) is 0.657. The Labute approximate surface area is 79.6 Å². The molecule has 0 radical (unpaired) electrons.